The predicted octanol–water partition coefficient (Wildman–Crippen LogP) is 14.9. The SMILES string of the molecule is CCCCCCCCCCCCCCCCCCC/C=C/C(O)C(CS(=O)(=O)O)NC(=O)CCCCCCCCCCCCCCCCCCCCCCC. The van der Waals surface area contributed by atoms with Crippen LogP contribution in [0.25, 0.3) is 0 Å². The topological polar surface area (TPSA) is 104 Å². The van der Waals surface area contributed by atoms with E-state index < -0.39 is 28.0 Å². The van der Waals surface area contributed by atoms with E-state index in [0.717, 1.165) is 38.5 Å². The zero-order chi connectivity index (χ0) is 40.3. The third-order valence-electron chi connectivity index (χ3n) is 11.5. The van der Waals surface area contributed by atoms with Crippen LogP contribution in [0.5, 0.6) is 0 Å². The number of hydrogen-bond donors (Lipinski definition) is 3. The van der Waals surface area contributed by atoms with Crippen LogP contribution in [0.4, 0.5) is 0 Å². The van der Waals surface area contributed by atoms with Crippen LogP contribution in [0.15, 0.2) is 12.2 Å². The molecule has 0 aromatic carbocycles. The molecule has 3 N–H and O–H groups in total. The van der Waals surface area contributed by atoms with Gasteiger partial charge < -0.3 is 10.4 Å². The predicted molar refractivity (Wildman–Crippen MR) is 240 cm³/mol. The minimum absolute atomic E-state index is 0.271. The second-order valence-electron chi connectivity index (χ2n) is 17.1. The van der Waals surface area contributed by atoms with Crippen molar-refractivity contribution in [3.8, 4) is 0 Å². The van der Waals surface area contributed by atoms with Crippen LogP contribution in [0, 0.1) is 0 Å². The Labute approximate surface area is 343 Å². The number of allylic oxidation sites excluding steroid dienone is 1. The van der Waals surface area contributed by atoms with Crippen molar-refractivity contribution in [2.45, 2.75) is 283 Å². The average Bonchev–Trinajstić information content (AvgIpc) is 3.15. The summed E-state index contributed by atoms with van der Waals surface area (Å²) in [6, 6.07) is -1.05. The van der Waals surface area contributed by atoms with E-state index in [4.69, 9.17) is 0 Å². The first-order chi connectivity index (χ1) is 26.8. The van der Waals surface area contributed by atoms with E-state index in [1.807, 2.05) is 6.08 Å². The van der Waals surface area contributed by atoms with Crippen molar-refractivity contribution in [1.29, 1.82) is 0 Å². The third-order valence-corrected chi connectivity index (χ3v) is 12.2. The van der Waals surface area contributed by atoms with Gasteiger partial charge in [0.05, 0.1) is 17.9 Å². The molecule has 0 aromatic heterocycles. The van der Waals surface area contributed by atoms with Gasteiger partial charge in [-0.05, 0) is 19.3 Å². The van der Waals surface area contributed by atoms with Crippen LogP contribution in [-0.2, 0) is 14.9 Å². The molecule has 0 aromatic rings. The molecule has 1 amide bonds. The summed E-state index contributed by atoms with van der Waals surface area (Å²) >= 11 is 0. The van der Waals surface area contributed by atoms with Crippen molar-refractivity contribution in [3.05, 3.63) is 12.2 Å². The molecule has 6 nitrogen and oxygen atoms in total. The van der Waals surface area contributed by atoms with Crippen LogP contribution in [0.3, 0.4) is 0 Å². The first kappa shape index (κ1) is 54.1. The summed E-state index contributed by atoms with van der Waals surface area (Å²) in [5, 5.41) is 13.3. The van der Waals surface area contributed by atoms with Gasteiger partial charge in [-0.15, -0.1) is 0 Å². The van der Waals surface area contributed by atoms with E-state index in [1.165, 1.54) is 212 Å². The fourth-order valence-electron chi connectivity index (χ4n) is 7.81. The molecule has 0 radical (unpaired) electrons. The van der Waals surface area contributed by atoms with Gasteiger partial charge in [0.25, 0.3) is 10.1 Å². The highest BCUT2D eigenvalue weighted by Crippen LogP contribution is 2.17. The molecule has 0 aliphatic heterocycles. The summed E-state index contributed by atoms with van der Waals surface area (Å²) in [5.74, 6) is -0.963. The molecule has 2 unspecified atom stereocenters. The van der Waals surface area contributed by atoms with E-state index in [9.17, 15) is 22.9 Å². The Morgan fingerprint density at radius 1 is 0.473 bits per heavy atom. The lowest BCUT2D eigenvalue weighted by molar-refractivity contribution is -0.122. The molecule has 2 atom stereocenters. The van der Waals surface area contributed by atoms with Gasteiger partial charge in [-0.2, -0.15) is 8.42 Å². The summed E-state index contributed by atoms with van der Waals surface area (Å²) in [6.07, 6.45) is 53.5. The van der Waals surface area contributed by atoms with Gasteiger partial charge in [-0.3, -0.25) is 9.35 Å². The molecule has 0 heterocycles. The zero-order valence-electron chi connectivity index (χ0n) is 36.8. The number of amides is 1. The van der Waals surface area contributed by atoms with Crippen LogP contribution in [0.2, 0.25) is 0 Å². The largest absolute Gasteiger partial charge is 0.387 e. The molecular weight excluding hydrogens is 703 g/mol. The van der Waals surface area contributed by atoms with Crippen LogP contribution < -0.4 is 5.32 Å². The number of rotatable bonds is 45. The van der Waals surface area contributed by atoms with E-state index in [-0.39, 0.29) is 5.91 Å². The zero-order valence-corrected chi connectivity index (χ0v) is 37.6. The number of carbonyl (C=O) groups excluding carboxylic acids is 1. The van der Waals surface area contributed by atoms with Crippen molar-refractivity contribution in [2.75, 3.05) is 5.75 Å². The van der Waals surface area contributed by atoms with Gasteiger partial charge in [0.15, 0.2) is 0 Å². The van der Waals surface area contributed by atoms with E-state index in [0.29, 0.717) is 6.42 Å². The van der Waals surface area contributed by atoms with Crippen molar-refractivity contribution in [3.63, 3.8) is 0 Å². The Morgan fingerprint density at radius 3 is 1.04 bits per heavy atom. The average molecular weight is 798 g/mol. The van der Waals surface area contributed by atoms with Crippen molar-refractivity contribution >= 4 is 16.0 Å². The maximum Gasteiger partial charge on any atom is 0.267 e. The Bertz CT molecular complexity index is 923. The summed E-state index contributed by atoms with van der Waals surface area (Å²) in [7, 11) is -4.34. The summed E-state index contributed by atoms with van der Waals surface area (Å²) in [6.45, 7) is 4.56. The Hall–Kier alpha value is -0.920. The monoisotopic (exact) mass is 798 g/mol. The molecular formula is C48H95NO5S. The number of hydrogen-bond acceptors (Lipinski definition) is 4. The van der Waals surface area contributed by atoms with Crippen LogP contribution in [0.1, 0.15) is 271 Å². The first-order valence-corrected chi connectivity index (χ1v) is 26.0. The smallest absolute Gasteiger partial charge is 0.267 e. The van der Waals surface area contributed by atoms with Gasteiger partial charge >= 0.3 is 0 Å². The van der Waals surface area contributed by atoms with Gasteiger partial charge in [-0.1, -0.05) is 257 Å². The van der Waals surface area contributed by atoms with Crippen LogP contribution >= 0.6 is 0 Å². The third kappa shape index (κ3) is 44.0. The maximum absolute atomic E-state index is 12.6. The molecule has 0 aliphatic rings. The molecule has 0 saturated carbocycles. The Kier molecular flexibility index (Phi) is 42.0. The van der Waals surface area contributed by atoms with E-state index >= 15 is 0 Å². The highest BCUT2D eigenvalue weighted by molar-refractivity contribution is 7.85. The van der Waals surface area contributed by atoms with Crippen LogP contribution in [-0.4, -0.2) is 41.9 Å². The maximum atomic E-state index is 12.6. The Balaban J connectivity index is 3.78. The highest BCUT2D eigenvalue weighted by Gasteiger charge is 2.24. The second kappa shape index (κ2) is 42.7. The Morgan fingerprint density at radius 2 is 0.745 bits per heavy atom. The minimum atomic E-state index is -4.34. The number of nitrogens with one attached hydrogen (secondary N) is 1. The minimum Gasteiger partial charge on any atom is -0.387 e. The van der Waals surface area contributed by atoms with E-state index in [1.54, 1.807) is 6.08 Å². The number of unbranched alkanes of at least 4 members (excludes halogenated alkanes) is 37. The molecule has 0 saturated heterocycles. The van der Waals surface area contributed by atoms with Gasteiger partial charge in [0, 0.05) is 6.42 Å². The number of aliphatic hydroxyl groups is 1. The molecule has 0 spiro atoms. The van der Waals surface area contributed by atoms with Gasteiger partial charge in [0.2, 0.25) is 5.91 Å². The highest BCUT2D eigenvalue weighted by atomic mass is 32.2. The summed E-state index contributed by atoms with van der Waals surface area (Å²) in [5.41, 5.74) is 0. The number of aliphatic hydroxyl groups excluding tert-OH is 1. The number of carbonyl (C=O) groups is 1. The molecule has 0 fully saturated rings. The normalized spacial score (nSPS) is 13.2. The standard InChI is InChI=1S/C48H95NO5S/c1-3-5-7-9-11-13-15-17-19-21-23-24-26-28-30-32-34-36-38-40-42-44-48(51)49-46(45-55(52,53)54)47(50)43-41-39-37-35-33-31-29-27-25-22-20-18-16-14-12-10-8-6-4-2/h41,43,46-47,50H,3-40,42,44-45H2,1-2H3,(H,49,51)(H,52,53,54)/b43-41+. The molecule has 0 bridgehead atoms. The molecule has 55 heavy (non-hydrogen) atoms. The van der Waals surface area contributed by atoms with Crippen molar-refractivity contribution < 1.29 is 22.9 Å². The van der Waals surface area contributed by atoms with E-state index in [2.05, 4.69) is 19.2 Å². The fourth-order valence-corrected chi connectivity index (χ4v) is 8.54. The molecule has 328 valence electrons. The quantitative estimate of drug-likeness (QED) is 0.0323. The van der Waals surface area contributed by atoms with Gasteiger partial charge in [-0.25, -0.2) is 0 Å². The van der Waals surface area contributed by atoms with Crippen molar-refractivity contribution in [2.24, 2.45) is 0 Å². The lowest BCUT2D eigenvalue weighted by Crippen LogP contribution is -2.46. The first-order valence-electron chi connectivity index (χ1n) is 24.4. The summed E-state index contributed by atoms with van der Waals surface area (Å²) in [4.78, 5) is 12.6. The molecule has 0 rings (SSSR count). The fraction of sp³-hybridized carbons (Fsp3) is 0.938. The summed E-state index contributed by atoms with van der Waals surface area (Å²) < 4.78 is 32.6. The van der Waals surface area contributed by atoms with Gasteiger partial charge in [0.1, 0.15) is 0 Å². The second-order valence-corrected chi connectivity index (χ2v) is 18.6. The molecule has 0 aliphatic carbocycles. The van der Waals surface area contributed by atoms with Crippen molar-refractivity contribution in [1.82, 2.24) is 5.32 Å². The lowest BCUT2D eigenvalue weighted by atomic mass is 10.0. The lowest BCUT2D eigenvalue weighted by Gasteiger charge is -2.21. The molecule has 7 heteroatoms.